The molecule has 0 spiro atoms. The molecule has 0 bridgehead atoms. The fourth-order valence-corrected chi connectivity index (χ4v) is 2.25. The van der Waals surface area contributed by atoms with E-state index < -0.39 is 0 Å². The normalized spacial score (nSPS) is 24.9. The second kappa shape index (κ2) is 3.83. The van der Waals surface area contributed by atoms with Crippen LogP contribution < -0.4 is 5.73 Å². The van der Waals surface area contributed by atoms with Gasteiger partial charge in [-0.25, -0.2) is 0 Å². The number of phenols is 1. The lowest BCUT2D eigenvalue weighted by atomic mass is 9.80. The van der Waals surface area contributed by atoms with Crippen LogP contribution >= 0.6 is 0 Å². The van der Waals surface area contributed by atoms with Gasteiger partial charge in [0.25, 0.3) is 0 Å². The van der Waals surface area contributed by atoms with E-state index in [1.54, 1.807) is 13.2 Å². The summed E-state index contributed by atoms with van der Waals surface area (Å²) in [5, 5.41) is 9.43. The highest BCUT2D eigenvalue weighted by Crippen LogP contribution is 2.32. The standard InChI is InChI=1S/C12H17NO2/c1-15-12(8-13)5-4-9-2-3-11(14)6-10(9)7-12/h2-3,6,14H,4-5,7-8,13H2,1H3. The lowest BCUT2D eigenvalue weighted by molar-refractivity contribution is -0.0135. The molecule has 1 aromatic carbocycles. The Morgan fingerprint density at radius 1 is 1.47 bits per heavy atom. The Hall–Kier alpha value is -1.06. The highest BCUT2D eigenvalue weighted by molar-refractivity contribution is 5.38. The number of methoxy groups -OCH3 is 1. The number of fused-ring (bicyclic) bond motifs is 1. The maximum Gasteiger partial charge on any atom is 0.115 e. The van der Waals surface area contributed by atoms with E-state index in [2.05, 4.69) is 0 Å². The van der Waals surface area contributed by atoms with E-state index in [0.717, 1.165) is 24.8 Å². The van der Waals surface area contributed by atoms with Gasteiger partial charge in [0, 0.05) is 20.1 Å². The summed E-state index contributed by atoms with van der Waals surface area (Å²) in [5.41, 5.74) is 7.98. The summed E-state index contributed by atoms with van der Waals surface area (Å²) in [5.74, 6) is 0.317. The first kappa shape index (κ1) is 10.5. The van der Waals surface area contributed by atoms with Gasteiger partial charge in [0.2, 0.25) is 0 Å². The number of hydrogen-bond donors (Lipinski definition) is 2. The van der Waals surface area contributed by atoms with Crippen molar-refractivity contribution in [2.45, 2.75) is 24.9 Å². The van der Waals surface area contributed by atoms with Crippen LogP contribution in [0.5, 0.6) is 5.75 Å². The van der Waals surface area contributed by atoms with Crippen molar-refractivity contribution in [1.29, 1.82) is 0 Å². The van der Waals surface area contributed by atoms with E-state index in [4.69, 9.17) is 10.5 Å². The van der Waals surface area contributed by atoms with E-state index in [9.17, 15) is 5.11 Å². The van der Waals surface area contributed by atoms with Crippen LogP contribution in [0, 0.1) is 0 Å². The molecule has 0 heterocycles. The molecule has 0 saturated heterocycles. The van der Waals surface area contributed by atoms with Crippen LogP contribution in [-0.4, -0.2) is 24.4 Å². The van der Waals surface area contributed by atoms with E-state index >= 15 is 0 Å². The van der Waals surface area contributed by atoms with Gasteiger partial charge in [-0.3, -0.25) is 0 Å². The van der Waals surface area contributed by atoms with Crippen molar-refractivity contribution in [1.82, 2.24) is 0 Å². The van der Waals surface area contributed by atoms with Crippen molar-refractivity contribution >= 4 is 0 Å². The fourth-order valence-electron chi connectivity index (χ4n) is 2.25. The number of hydrogen-bond acceptors (Lipinski definition) is 3. The van der Waals surface area contributed by atoms with Crippen molar-refractivity contribution in [3.05, 3.63) is 29.3 Å². The van der Waals surface area contributed by atoms with Crippen molar-refractivity contribution in [3.63, 3.8) is 0 Å². The van der Waals surface area contributed by atoms with Crippen molar-refractivity contribution in [2.75, 3.05) is 13.7 Å². The molecular formula is C12H17NO2. The number of ether oxygens (including phenoxy) is 1. The first-order valence-corrected chi connectivity index (χ1v) is 5.25. The Morgan fingerprint density at radius 3 is 2.93 bits per heavy atom. The van der Waals surface area contributed by atoms with Crippen LogP contribution in [0.25, 0.3) is 0 Å². The number of nitrogens with two attached hydrogens (primary N) is 1. The predicted molar refractivity (Wildman–Crippen MR) is 58.9 cm³/mol. The summed E-state index contributed by atoms with van der Waals surface area (Å²) in [4.78, 5) is 0. The highest BCUT2D eigenvalue weighted by atomic mass is 16.5. The highest BCUT2D eigenvalue weighted by Gasteiger charge is 2.33. The molecule has 1 atom stereocenters. The quantitative estimate of drug-likeness (QED) is 0.766. The minimum atomic E-state index is -0.235. The van der Waals surface area contributed by atoms with Gasteiger partial charge >= 0.3 is 0 Å². The first-order valence-electron chi connectivity index (χ1n) is 5.25. The molecule has 3 heteroatoms. The summed E-state index contributed by atoms with van der Waals surface area (Å²) in [6.45, 7) is 0.526. The van der Waals surface area contributed by atoms with E-state index in [1.807, 2.05) is 12.1 Å². The van der Waals surface area contributed by atoms with Crippen LogP contribution in [0.3, 0.4) is 0 Å². The SMILES string of the molecule is COC1(CN)CCc2ccc(O)cc2C1. The molecule has 2 rings (SSSR count). The molecule has 3 N–H and O–H groups in total. The molecule has 0 saturated carbocycles. The molecule has 1 aromatic rings. The second-order valence-corrected chi connectivity index (χ2v) is 4.22. The molecule has 0 fully saturated rings. The van der Waals surface area contributed by atoms with Crippen LogP contribution in [-0.2, 0) is 17.6 Å². The van der Waals surface area contributed by atoms with E-state index in [1.165, 1.54) is 5.56 Å². The van der Waals surface area contributed by atoms with Gasteiger partial charge in [0.1, 0.15) is 5.75 Å². The Labute approximate surface area is 89.9 Å². The summed E-state index contributed by atoms with van der Waals surface area (Å²) in [6.07, 6.45) is 2.72. The summed E-state index contributed by atoms with van der Waals surface area (Å²) in [7, 11) is 1.71. The topological polar surface area (TPSA) is 55.5 Å². The van der Waals surface area contributed by atoms with Crippen LogP contribution in [0.15, 0.2) is 18.2 Å². The Bertz CT molecular complexity index is 359. The zero-order valence-corrected chi connectivity index (χ0v) is 8.99. The molecule has 0 radical (unpaired) electrons. The second-order valence-electron chi connectivity index (χ2n) is 4.22. The predicted octanol–water partition coefficient (Wildman–Crippen LogP) is 1.22. The van der Waals surface area contributed by atoms with Crippen molar-refractivity contribution in [3.8, 4) is 5.75 Å². The summed E-state index contributed by atoms with van der Waals surface area (Å²) < 4.78 is 5.52. The molecule has 15 heavy (non-hydrogen) atoms. The fraction of sp³-hybridized carbons (Fsp3) is 0.500. The van der Waals surface area contributed by atoms with Crippen molar-refractivity contribution in [2.24, 2.45) is 5.73 Å². The van der Waals surface area contributed by atoms with Crippen LogP contribution in [0.2, 0.25) is 0 Å². The number of phenolic OH excluding ortho intramolecular Hbond substituents is 1. The summed E-state index contributed by atoms with van der Waals surface area (Å²) >= 11 is 0. The molecule has 0 aromatic heterocycles. The van der Waals surface area contributed by atoms with Gasteiger partial charge in [-0.15, -0.1) is 0 Å². The number of aromatic hydroxyl groups is 1. The molecular weight excluding hydrogens is 190 g/mol. The van der Waals surface area contributed by atoms with Gasteiger partial charge in [-0.1, -0.05) is 6.07 Å². The Morgan fingerprint density at radius 2 is 2.27 bits per heavy atom. The molecule has 1 unspecified atom stereocenters. The van der Waals surface area contributed by atoms with Gasteiger partial charge < -0.3 is 15.6 Å². The third-order valence-corrected chi connectivity index (χ3v) is 3.36. The Kier molecular flexibility index (Phi) is 2.67. The number of rotatable bonds is 2. The molecule has 1 aliphatic rings. The lowest BCUT2D eigenvalue weighted by Gasteiger charge is -2.36. The van der Waals surface area contributed by atoms with Crippen LogP contribution in [0.1, 0.15) is 17.5 Å². The monoisotopic (exact) mass is 207 g/mol. The van der Waals surface area contributed by atoms with Crippen LogP contribution in [0.4, 0.5) is 0 Å². The largest absolute Gasteiger partial charge is 0.508 e. The molecule has 0 aliphatic heterocycles. The van der Waals surface area contributed by atoms with Crippen molar-refractivity contribution < 1.29 is 9.84 Å². The Balaban J connectivity index is 2.32. The molecule has 0 amide bonds. The number of aryl methyl sites for hydroxylation is 1. The minimum absolute atomic E-state index is 0.235. The van der Waals surface area contributed by atoms with Gasteiger partial charge in [0.05, 0.1) is 5.60 Å². The lowest BCUT2D eigenvalue weighted by Crippen LogP contribution is -2.44. The first-order chi connectivity index (χ1) is 7.19. The summed E-state index contributed by atoms with van der Waals surface area (Å²) in [6, 6.07) is 5.54. The van der Waals surface area contributed by atoms with E-state index in [-0.39, 0.29) is 5.60 Å². The van der Waals surface area contributed by atoms with Gasteiger partial charge in [-0.2, -0.15) is 0 Å². The molecule has 82 valence electrons. The molecule has 1 aliphatic carbocycles. The maximum atomic E-state index is 9.43. The zero-order chi connectivity index (χ0) is 10.9. The van der Waals surface area contributed by atoms with E-state index in [0.29, 0.717) is 12.3 Å². The molecule has 3 nitrogen and oxygen atoms in total. The minimum Gasteiger partial charge on any atom is -0.508 e. The maximum absolute atomic E-state index is 9.43. The smallest absolute Gasteiger partial charge is 0.115 e. The van der Waals surface area contributed by atoms with Gasteiger partial charge in [0.15, 0.2) is 0 Å². The number of benzene rings is 1. The average Bonchev–Trinajstić information content (AvgIpc) is 2.28. The van der Waals surface area contributed by atoms with Gasteiger partial charge in [-0.05, 0) is 36.1 Å². The zero-order valence-electron chi connectivity index (χ0n) is 8.99. The third-order valence-electron chi connectivity index (χ3n) is 3.36. The third kappa shape index (κ3) is 1.85. The average molecular weight is 207 g/mol.